The number of unbranched alkanes of at least 4 members (excludes halogenated alkanes) is 1. The first-order valence-corrected chi connectivity index (χ1v) is 22.8. The van der Waals surface area contributed by atoms with Gasteiger partial charge in [-0.1, -0.05) is 96.2 Å². The highest BCUT2D eigenvalue weighted by Crippen LogP contribution is 2.50. The molecule has 368 valence electrons. The number of hydrogen-bond acceptors (Lipinski definition) is 16. The van der Waals surface area contributed by atoms with Gasteiger partial charge in [0.2, 0.25) is 5.79 Å². The van der Waals surface area contributed by atoms with Crippen LogP contribution in [0.4, 0.5) is 0 Å². The van der Waals surface area contributed by atoms with E-state index in [4.69, 9.17) is 37.9 Å². The first kappa shape index (κ1) is 54.2. The molecule has 4 heterocycles. The van der Waals surface area contributed by atoms with Crippen LogP contribution >= 0.6 is 0 Å². The Labute approximate surface area is 389 Å². The van der Waals surface area contributed by atoms with Crippen molar-refractivity contribution in [1.29, 1.82) is 0 Å². The molecule has 4 aliphatic heterocycles. The second kappa shape index (κ2) is 23.5. The molecule has 4 aliphatic rings. The van der Waals surface area contributed by atoms with E-state index in [1.54, 1.807) is 45.9 Å². The Morgan fingerprint density at radius 3 is 2.30 bits per heavy atom. The third-order valence-corrected chi connectivity index (χ3v) is 12.6. The number of hydrogen-bond donors (Lipinski definition) is 4. The molecule has 6 bridgehead atoms. The van der Waals surface area contributed by atoms with E-state index >= 15 is 0 Å². The van der Waals surface area contributed by atoms with Gasteiger partial charge >= 0.3 is 23.9 Å². The minimum Gasteiger partial charge on any atom is -0.493 e. The quantitative estimate of drug-likeness (QED) is 0.0630. The number of allylic oxidation sites excluding steroid dienone is 3. The normalized spacial score (nSPS) is 35.0. The van der Waals surface area contributed by atoms with Gasteiger partial charge in [0, 0.05) is 62.7 Å². The summed E-state index contributed by atoms with van der Waals surface area (Å²) in [5, 5.41) is 48.1. The molecular weight excluding hydrogens is 857 g/mol. The molecule has 3 fully saturated rings. The Balaban J connectivity index is 1.90. The number of aliphatic hydroxyl groups is 4. The van der Waals surface area contributed by atoms with E-state index in [-0.39, 0.29) is 69.3 Å². The Morgan fingerprint density at radius 2 is 1.65 bits per heavy atom. The molecule has 0 aromatic rings. The fourth-order valence-corrected chi connectivity index (χ4v) is 8.81. The van der Waals surface area contributed by atoms with E-state index in [9.17, 15) is 39.6 Å². The number of carbonyl (C=O) groups excluding carboxylic acids is 4. The van der Waals surface area contributed by atoms with E-state index in [1.165, 1.54) is 45.3 Å². The average Bonchev–Trinajstić information content (AvgIpc) is 3.21. The second-order valence-electron chi connectivity index (χ2n) is 18.8. The van der Waals surface area contributed by atoms with Crippen LogP contribution in [0.5, 0.6) is 0 Å². The maximum Gasteiger partial charge on any atom is 0.331 e. The summed E-state index contributed by atoms with van der Waals surface area (Å²) < 4.78 is 47.9. The van der Waals surface area contributed by atoms with Crippen LogP contribution in [-0.4, -0.2) is 125 Å². The first-order valence-electron chi connectivity index (χ1n) is 22.8. The molecule has 0 aromatic carbocycles. The third kappa shape index (κ3) is 14.3. The maximum atomic E-state index is 13.5. The number of ether oxygens (including phenoxy) is 8. The molecule has 4 N–H and O–H groups in total. The fourth-order valence-electron chi connectivity index (χ4n) is 8.81. The van der Waals surface area contributed by atoms with Crippen molar-refractivity contribution in [3.8, 4) is 0 Å². The van der Waals surface area contributed by atoms with E-state index in [1.807, 2.05) is 13.0 Å². The van der Waals surface area contributed by atoms with Crippen molar-refractivity contribution in [2.24, 2.45) is 10.8 Å². The van der Waals surface area contributed by atoms with Crippen molar-refractivity contribution in [1.82, 2.24) is 0 Å². The van der Waals surface area contributed by atoms with Crippen molar-refractivity contribution in [2.45, 2.75) is 179 Å². The molecule has 3 saturated heterocycles. The maximum absolute atomic E-state index is 13.5. The summed E-state index contributed by atoms with van der Waals surface area (Å²) in [6.07, 6.45) is 6.16. The van der Waals surface area contributed by atoms with E-state index in [0.717, 1.165) is 18.9 Å². The lowest BCUT2D eigenvalue weighted by Crippen LogP contribution is -2.62. The highest BCUT2D eigenvalue weighted by Gasteiger charge is 2.59. The summed E-state index contributed by atoms with van der Waals surface area (Å²) in [5.41, 5.74) is -1.92. The number of carbonyl (C=O) groups is 4. The zero-order valence-electron chi connectivity index (χ0n) is 39.8. The Hall–Kier alpha value is -4.42. The van der Waals surface area contributed by atoms with Crippen molar-refractivity contribution < 1.29 is 77.5 Å². The van der Waals surface area contributed by atoms with Crippen LogP contribution < -0.4 is 0 Å². The summed E-state index contributed by atoms with van der Waals surface area (Å²) >= 11 is 0. The predicted molar refractivity (Wildman–Crippen MR) is 242 cm³/mol. The van der Waals surface area contributed by atoms with Crippen LogP contribution in [-0.2, 0) is 57.1 Å². The van der Waals surface area contributed by atoms with Crippen LogP contribution in [0.3, 0.4) is 0 Å². The van der Waals surface area contributed by atoms with Gasteiger partial charge in [-0.3, -0.25) is 4.79 Å². The van der Waals surface area contributed by atoms with E-state index in [0.29, 0.717) is 5.57 Å². The van der Waals surface area contributed by atoms with Crippen LogP contribution in [0.15, 0.2) is 84.7 Å². The molecule has 0 aliphatic carbocycles. The van der Waals surface area contributed by atoms with Crippen molar-refractivity contribution in [3.63, 3.8) is 0 Å². The number of methoxy groups -OCH3 is 1. The van der Waals surface area contributed by atoms with Gasteiger partial charge in [-0.25, -0.2) is 14.4 Å². The minimum absolute atomic E-state index is 0.0207. The molecule has 0 spiro atoms. The minimum atomic E-state index is -2.41. The van der Waals surface area contributed by atoms with Crippen LogP contribution in [0.1, 0.15) is 113 Å². The SMILES string of the molecule is C=CCOC(=O)/C=C1\C[C@H]2C[C@]3(O)O[C@H](CC(O)CC(=C)O[C@@H]([C@@H](C)O)C[C@@H]4C/C(=C\C(=O)OC)[C@H](OC(=O)/C=C/C=C/CCC)[C@@](O)(O4)C(C)(C)/C=C/[C@@H](C1)O2)C[C@H](OC(C)=O)C3(C)C. The average molecular weight is 929 g/mol. The monoisotopic (exact) mass is 928 g/mol. The molecular formula is C50H72O16. The Kier molecular flexibility index (Phi) is 19.3. The van der Waals surface area contributed by atoms with Gasteiger partial charge in [-0.15, -0.1) is 0 Å². The number of aliphatic hydroxyl groups excluding tert-OH is 2. The fraction of sp³-hybridized carbons (Fsp3) is 0.640. The lowest BCUT2D eigenvalue weighted by atomic mass is 9.70. The summed E-state index contributed by atoms with van der Waals surface area (Å²) in [6.45, 7) is 19.1. The number of fused-ring (bicyclic) bond motifs is 6. The topological polar surface area (TPSA) is 223 Å². The predicted octanol–water partition coefficient (Wildman–Crippen LogP) is 5.82. The van der Waals surface area contributed by atoms with Gasteiger partial charge in [0.15, 0.2) is 11.9 Å². The largest absolute Gasteiger partial charge is 0.493 e. The molecule has 0 radical (unpaired) electrons. The van der Waals surface area contributed by atoms with Gasteiger partial charge in [-0.05, 0) is 38.2 Å². The zero-order chi connectivity index (χ0) is 49.0. The summed E-state index contributed by atoms with van der Waals surface area (Å²) in [5.74, 6) is -7.12. The Bertz CT molecular complexity index is 1890. The number of rotatable bonds is 11. The molecule has 0 amide bonds. The van der Waals surface area contributed by atoms with Gasteiger partial charge in [-0.2, -0.15) is 0 Å². The van der Waals surface area contributed by atoms with Gasteiger partial charge in [0.1, 0.15) is 18.8 Å². The van der Waals surface area contributed by atoms with Crippen molar-refractivity contribution in [2.75, 3.05) is 13.7 Å². The molecule has 16 nitrogen and oxygen atoms in total. The molecule has 1 unspecified atom stereocenters. The summed E-state index contributed by atoms with van der Waals surface area (Å²) in [4.78, 5) is 51.8. The molecule has 16 heteroatoms. The molecule has 11 atom stereocenters. The second-order valence-corrected chi connectivity index (χ2v) is 18.8. The molecule has 0 aromatic heterocycles. The molecule has 0 saturated carbocycles. The van der Waals surface area contributed by atoms with Crippen molar-refractivity contribution in [3.05, 3.63) is 84.7 Å². The van der Waals surface area contributed by atoms with Crippen molar-refractivity contribution >= 4 is 23.9 Å². The smallest absolute Gasteiger partial charge is 0.331 e. The highest BCUT2D eigenvalue weighted by atomic mass is 16.7. The van der Waals surface area contributed by atoms with Crippen LogP contribution in [0.25, 0.3) is 0 Å². The zero-order valence-corrected chi connectivity index (χ0v) is 39.8. The molecule has 4 rings (SSSR count). The standard InChI is InChI=1S/C50H72O16/c1-11-13-14-15-16-17-43(54)64-46-35(26-44(55)59-10)25-38-28-41(32(4)51)61-31(3)21-36(53)27-39-29-42(62-33(5)52)48(8,9)49(57,65-39)30-40-23-34(24-45(56)60-20-12-2)22-37(63-40)18-19-47(6,7)50(46,58)66-38/h12,14-19,24,26,32,36-42,46,51,53,57-58H,2-3,11,13,20-23,25,27-30H2,1,4-10H3/b15-14+,17-16+,19-18+,34-24-,35-26+/t32-,36?,37+,38+,39-,40+,41-,42+,46+,49+,50-/m1/s1. The van der Waals surface area contributed by atoms with Crippen LogP contribution in [0, 0.1) is 10.8 Å². The molecule has 66 heavy (non-hydrogen) atoms. The lowest BCUT2D eigenvalue weighted by molar-refractivity contribution is -0.348. The first-order chi connectivity index (χ1) is 30.9. The van der Waals surface area contributed by atoms with Gasteiger partial charge in [0.05, 0.1) is 54.9 Å². The highest BCUT2D eigenvalue weighted by molar-refractivity contribution is 5.85. The summed E-state index contributed by atoms with van der Waals surface area (Å²) in [6, 6.07) is 0. The van der Waals surface area contributed by atoms with Gasteiger partial charge in [0.25, 0.3) is 0 Å². The van der Waals surface area contributed by atoms with E-state index in [2.05, 4.69) is 13.2 Å². The number of esters is 4. The summed E-state index contributed by atoms with van der Waals surface area (Å²) in [7, 11) is 1.19. The van der Waals surface area contributed by atoms with Crippen LogP contribution in [0.2, 0.25) is 0 Å². The third-order valence-electron chi connectivity index (χ3n) is 12.6. The Morgan fingerprint density at radius 1 is 0.924 bits per heavy atom. The van der Waals surface area contributed by atoms with Gasteiger partial charge < -0.3 is 58.3 Å². The lowest BCUT2D eigenvalue weighted by Gasteiger charge is -2.53. The van der Waals surface area contributed by atoms with E-state index < -0.39 is 101 Å².